The lowest BCUT2D eigenvalue weighted by molar-refractivity contribution is -0.116. The summed E-state index contributed by atoms with van der Waals surface area (Å²) in [5, 5.41) is 15.4. The van der Waals surface area contributed by atoms with Gasteiger partial charge in [0.1, 0.15) is 12.4 Å². The van der Waals surface area contributed by atoms with Gasteiger partial charge in [-0.25, -0.2) is 9.18 Å². The Hall–Kier alpha value is -2.70. The number of nitrogens with one attached hydrogen (secondary N) is 1. The zero-order chi connectivity index (χ0) is 15.6. The Morgan fingerprint density at radius 2 is 2.05 bits per heavy atom. The molecule has 0 aliphatic carbocycles. The lowest BCUT2D eigenvalue weighted by atomic mass is 10.2. The molecule has 0 aliphatic heterocycles. The number of rotatable bonds is 4. The van der Waals surface area contributed by atoms with Crippen LogP contribution in [0.5, 0.6) is 0 Å². The van der Waals surface area contributed by atoms with Crippen LogP contribution in [0.1, 0.15) is 21.7 Å². The summed E-state index contributed by atoms with van der Waals surface area (Å²) in [6.07, 6.45) is 0. The first-order valence-corrected chi connectivity index (χ1v) is 6.20. The van der Waals surface area contributed by atoms with E-state index in [0.29, 0.717) is 0 Å². The molecule has 0 fully saturated rings. The third-order valence-corrected chi connectivity index (χ3v) is 2.88. The third kappa shape index (κ3) is 3.44. The van der Waals surface area contributed by atoms with Crippen LogP contribution in [-0.4, -0.2) is 26.8 Å². The number of aryl methyl sites for hydroxylation is 2. The summed E-state index contributed by atoms with van der Waals surface area (Å²) in [7, 11) is 0. The number of hydrogen-bond donors (Lipinski definition) is 2. The molecule has 110 valence electrons. The standard InChI is InChI=1S/C14H14FN3O3/c1-8-5-9(2)18(17-8)7-13(19)16-10-3-4-11(14(20)21)12(15)6-10/h3-6H,7H2,1-2H3,(H,16,19)(H,20,21). The van der Waals surface area contributed by atoms with Gasteiger partial charge in [-0.3, -0.25) is 9.48 Å². The average Bonchev–Trinajstić information content (AvgIpc) is 2.67. The van der Waals surface area contributed by atoms with Crippen molar-refractivity contribution < 1.29 is 19.1 Å². The first-order valence-electron chi connectivity index (χ1n) is 6.20. The van der Waals surface area contributed by atoms with Crippen molar-refractivity contribution in [3.63, 3.8) is 0 Å². The minimum absolute atomic E-state index is 0.00196. The minimum atomic E-state index is -1.35. The van der Waals surface area contributed by atoms with E-state index in [9.17, 15) is 14.0 Å². The largest absolute Gasteiger partial charge is 0.478 e. The van der Waals surface area contributed by atoms with Crippen molar-refractivity contribution in [2.75, 3.05) is 5.32 Å². The molecule has 1 aromatic carbocycles. The van der Waals surface area contributed by atoms with Gasteiger partial charge < -0.3 is 10.4 Å². The average molecular weight is 291 g/mol. The van der Waals surface area contributed by atoms with E-state index in [2.05, 4.69) is 10.4 Å². The van der Waals surface area contributed by atoms with Crippen molar-refractivity contribution in [2.24, 2.45) is 0 Å². The fourth-order valence-corrected chi connectivity index (χ4v) is 1.94. The van der Waals surface area contributed by atoms with Crippen LogP contribution in [0.2, 0.25) is 0 Å². The SMILES string of the molecule is Cc1cc(C)n(CC(=O)Nc2ccc(C(=O)O)c(F)c2)n1. The molecule has 2 N–H and O–H groups in total. The highest BCUT2D eigenvalue weighted by molar-refractivity contribution is 5.92. The van der Waals surface area contributed by atoms with Crippen molar-refractivity contribution in [1.29, 1.82) is 0 Å². The van der Waals surface area contributed by atoms with Gasteiger partial charge in [-0.05, 0) is 38.1 Å². The smallest absolute Gasteiger partial charge is 0.338 e. The van der Waals surface area contributed by atoms with Gasteiger partial charge in [0.15, 0.2) is 0 Å². The van der Waals surface area contributed by atoms with Crippen LogP contribution in [0.15, 0.2) is 24.3 Å². The Balaban J connectivity index is 2.08. The van der Waals surface area contributed by atoms with E-state index in [0.717, 1.165) is 23.5 Å². The molecule has 0 spiro atoms. The van der Waals surface area contributed by atoms with Gasteiger partial charge in [0.25, 0.3) is 0 Å². The number of anilines is 1. The summed E-state index contributed by atoms with van der Waals surface area (Å²) in [5.41, 5.74) is 1.41. The number of carboxylic acids is 1. The molecule has 2 rings (SSSR count). The highest BCUT2D eigenvalue weighted by Crippen LogP contribution is 2.14. The number of amides is 1. The maximum absolute atomic E-state index is 13.5. The number of carbonyl (C=O) groups excluding carboxylic acids is 1. The van der Waals surface area contributed by atoms with Crippen molar-refractivity contribution in [2.45, 2.75) is 20.4 Å². The van der Waals surface area contributed by atoms with Gasteiger partial charge in [-0.15, -0.1) is 0 Å². The number of aromatic nitrogens is 2. The number of aromatic carboxylic acids is 1. The summed E-state index contributed by atoms with van der Waals surface area (Å²) in [6.45, 7) is 3.65. The van der Waals surface area contributed by atoms with Gasteiger partial charge >= 0.3 is 5.97 Å². The lowest BCUT2D eigenvalue weighted by Gasteiger charge is -2.07. The molecule has 7 heteroatoms. The normalized spacial score (nSPS) is 10.4. The third-order valence-electron chi connectivity index (χ3n) is 2.88. The Kier molecular flexibility index (Phi) is 4.02. The molecule has 1 amide bonds. The van der Waals surface area contributed by atoms with E-state index in [1.165, 1.54) is 10.7 Å². The molecule has 0 aliphatic rings. The summed E-state index contributed by atoms with van der Waals surface area (Å²) in [4.78, 5) is 22.6. The van der Waals surface area contributed by atoms with Crippen LogP contribution in [0.4, 0.5) is 10.1 Å². The second kappa shape index (κ2) is 5.74. The minimum Gasteiger partial charge on any atom is -0.478 e. The number of nitrogens with zero attached hydrogens (tertiary/aromatic N) is 2. The number of carbonyl (C=O) groups is 2. The molecule has 0 saturated carbocycles. The Labute approximate surface area is 120 Å². The highest BCUT2D eigenvalue weighted by Gasteiger charge is 2.12. The van der Waals surface area contributed by atoms with Crippen molar-refractivity contribution in [3.05, 3.63) is 47.0 Å². The highest BCUT2D eigenvalue weighted by atomic mass is 19.1. The first-order chi connectivity index (χ1) is 9.86. The molecular formula is C14H14FN3O3. The molecule has 1 aromatic heterocycles. The zero-order valence-corrected chi connectivity index (χ0v) is 11.6. The molecule has 0 radical (unpaired) electrons. The molecule has 6 nitrogen and oxygen atoms in total. The van der Waals surface area contributed by atoms with E-state index in [4.69, 9.17) is 5.11 Å². The van der Waals surface area contributed by atoms with Crippen molar-refractivity contribution in [1.82, 2.24) is 9.78 Å². The van der Waals surface area contributed by atoms with Crippen LogP contribution in [0.3, 0.4) is 0 Å². The number of benzene rings is 1. The quantitative estimate of drug-likeness (QED) is 0.902. The molecule has 0 bridgehead atoms. The van der Waals surface area contributed by atoms with Gasteiger partial charge in [0.2, 0.25) is 5.91 Å². The fraction of sp³-hybridized carbons (Fsp3) is 0.214. The number of carboxylic acid groups (broad SMARTS) is 1. The summed E-state index contributed by atoms with van der Waals surface area (Å²) < 4.78 is 15.0. The molecule has 21 heavy (non-hydrogen) atoms. The van der Waals surface area contributed by atoms with Crippen molar-refractivity contribution >= 4 is 17.6 Å². The maximum atomic E-state index is 13.5. The fourth-order valence-electron chi connectivity index (χ4n) is 1.94. The van der Waals surface area contributed by atoms with Gasteiger partial charge in [0, 0.05) is 11.4 Å². The predicted molar refractivity (Wildman–Crippen MR) is 73.7 cm³/mol. The summed E-state index contributed by atoms with van der Waals surface area (Å²) in [6, 6.07) is 5.26. The van der Waals surface area contributed by atoms with Crippen LogP contribution in [-0.2, 0) is 11.3 Å². The maximum Gasteiger partial charge on any atom is 0.338 e. The topological polar surface area (TPSA) is 84.2 Å². The van der Waals surface area contributed by atoms with Gasteiger partial charge in [-0.2, -0.15) is 5.10 Å². The van der Waals surface area contributed by atoms with E-state index >= 15 is 0 Å². The molecule has 0 atom stereocenters. The Bertz CT molecular complexity index is 709. The molecule has 2 aromatic rings. The van der Waals surface area contributed by atoms with Crippen LogP contribution >= 0.6 is 0 Å². The second-order valence-corrected chi connectivity index (χ2v) is 4.63. The number of hydrogen-bond acceptors (Lipinski definition) is 3. The van der Waals surface area contributed by atoms with E-state index in [1.54, 1.807) is 0 Å². The van der Waals surface area contributed by atoms with E-state index in [1.807, 2.05) is 19.9 Å². The van der Waals surface area contributed by atoms with Crippen LogP contribution in [0.25, 0.3) is 0 Å². The summed E-state index contributed by atoms with van der Waals surface area (Å²) >= 11 is 0. The monoisotopic (exact) mass is 291 g/mol. The zero-order valence-electron chi connectivity index (χ0n) is 11.6. The van der Waals surface area contributed by atoms with Gasteiger partial charge in [-0.1, -0.05) is 0 Å². The van der Waals surface area contributed by atoms with E-state index in [-0.39, 0.29) is 18.1 Å². The Morgan fingerprint density at radius 3 is 2.57 bits per heavy atom. The predicted octanol–water partition coefficient (Wildman–Crippen LogP) is 1.98. The van der Waals surface area contributed by atoms with Crippen LogP contribution in [0, 0.1) is 19.7 Å². The van der Waals surface area contributed by atoms with E-state index < -0.39 is 17.3 Å². The van der Waals surface area contributed by atoms with Gasteiger partial charge in [0.05, 0.1) is 11.3 Å². The molecule has 1 heterocycles. The first kappa shape index (κ1) is 14.7. The molecule has 0 saturated heterocycles. The lowest BCUT2D eigenvalue weighted by Crippen LogP contribution is -2.20. The van der Waals surface area contributed by atoms with Crippen molar-refractivity contribution in [3.8, 4) is 0 Å². The van der Waals surface area contributed by atoms with Crippen LogP contribution < -0.4 is 5.32 Å². The number of halogens is 1. The molecular weight excluding hydrogens is 277 g/mol. The Morgan fingerprint density at radius 1 is 1.33 bits per heavy atom. The second-order valence-electron chi connectivity index (χ2n) is 4.63. The molecule has 0 unspecified atom stereocenters. The summed E-state index contributed by atoms with van der Waals surface area (Å²) in [5.74, 6) is -2.62.